The van der Waals surface area contributed by atoms with E-state index >= 15 is 0 Å². The topological polar surface area (TPSA) is 94.0 Å². The summed E-state index contributed by atoms with van der Waals surface area (Å²) in [5, 5.41) is 13.2. The van der Waals surface area contributed by atoms with Gasteiger partial charge in [0.25, 0.3) is 0 Å². The van der Waals surface area contributed by atoms with Crippen LogP contribution in [0.15, 0.2) is 42.9 Å². The molecule has 0 spiro atoms. The number of aromatic amines is 1. The summed E-state index contributed by atoms with van der Waals surface area (Å²) in [6, 6.07) is 8.83. The van der Waals surface area contributed by atoms with Crippen LogP contribution in [0, 0.1) is 0 Å². The molecule has 0 bridgehead atoms. The molecule has 33 heavy (non-hydrogen) atoms. The molecule has 2 fully saturated rings. The number of ether oxygens (including phenoxy) is 2. The zero-order valence-corrected chi connectivity index (χ0v) is 18.6. The van der Waals surface area contributed by atoms with E-state index in [1.807, 2.05) is 18.3 Å². The number of H-pyrrole nitrogens is 1. The van der Waals surface area contributed by atoms with Crippen LogP contribution >= 0.6 is 0 Å². The predicted molar refractivity (Wildman–Crippen MR) is 125 cm³/mol. The zero-order chi connectivity index (χ0) is 22.2. The highest BCUT2D eigenvalue weighted by molar-refractivity contribution is 6.00. The second-order valence-electron chi connectivity index (χ2n) is 8.70. The van der Waals surface area contributed by atoms with Crippen LogP contribution in [0.4, 0.5) is 5.82 Å². The Kier molecular flexibility index (Phi) is 5.27. The molecule has 0 amide bonds. The lowest BCUT2D eigenvalue weighted by atomic mass is 10.0. The number of nitrogens with one attached hydrogen (secondary N) is 1. The monoisotopic (exact) mass is 445 g/mol. The van der Waals surface area contributed by atoms with Crippen LogP contribution in [0.2, 0.25) is 0 Å². The van der Waals surface area contributed by atoms with Gasteiger partial charge in [0.2, 0.25) is 0 Å². The van der Waals surface area contributed by atoms with Crippen molar-refractivity contribution in [1.82, 2.24) is 29.9 Å². The largest absolute Gasteiger partial charge is 0.381 e. The summed E-state index contributed by atoms with van der Waals surface area (Å²) in [6.45, 7) is 5.93. The second kappa shape index (κ2) is 8.57. The van der Waals surface area contributed by atoms with Crippen LogP contribution in [-0.2, 0) is 9.47 Å². The molecule has 6 heterocycles. The average Bonchev–Trinajstić information content (AvgIpc) is 3.57. The smallest absolute Gasteiger partial charge is 0.130 e. The minimum atomic E-state index is 0.239. The minimum absolute atomic E-state index is 0.239. The van der Waals surface area contributed by atoms with Crippen molar-refractivity contribution < 1.29 is 9.47 Å². The number of rotatable bonds is 4. The molecule has 0 saturated carbocycles. The van der Waals surface area contributed by atoms with Crippen LogP contribution in [-0.4, -0.2) is 69.0 Å². The molecule has 0 aliphatic carbocycles. The maximum Gasteiger partial charge on any atom is 0.130 e. The van der Waals surface area contributed by atoms with Crippen molar-refractivity contribution in [2.45, 2.75) is 31.8 Å². The van der Waals surface area contributed by atoms with Crippen LogP contribution in [0.1, 0.15) is 25.8 Å². The number of morpholine rings is 1. The molecule has 170 valence electrons. The van der Waals surface area contributed by atoms with E-state index in [1.165, 1.54) is 0 Å². The number of nitrogens with zero attached hydrogens (tertiary/aromatic N) is 6. The van der Waals surface area contributed by atoms with E-state index < -0.39 is 0 Å². The Balaban J connectivity index is 1.51. The molecule has 4 aromatic rings. The molecule has 0 aromatic carbocycles. The molecule has 2 aliphatic heterocycles. The molecule has 9 heteroatoms. The van der Waals surface area contributed by atoms with Gasteiger partial charge in [0.1, 0.15) is 17.0 Å². The lowest BCUT2D eigenvalue weighted by Crippen LogP contribution is -2.44. The fraction of sp³-hybridized carbons (Fsp3) is 0.417. The van der Waals surface area contributed by atoms with Gasteiger partial charge in [-0.2, -0.15) is 10.2 Å². The lowest BCUT2D eigenvalue weighted by Gasteiger charge is -2.34. The highest BCUT2D eigenvalue weighted by Gasteiger charge is 2.24. The summed E-state index contributed by atoms with van der Waals surface area (Å²) < 4.78 is 13.3. The minimum Gasteiger partial charge on any atom is -0.381 e. The molecule has 2 aliphatic rings. The first-order valence-corrected chi connectivity index (χ1v) is 11.5. The van der Waals surface area contributed by atoms with Crippen molar-refractivity contribution >= 4 is 16.7 Å². The predicted octanol–water partition coefficient (Wildman–Crippen LogP) is 3.46. The standard InChI is InChI=1S/C24H27N7O2/c1-16-15-33-13-10-30(16)22-14-19(20-4-9-31(29-20)17-5-11-32-12-6-17)18-2-7-25-24(23(18)27-22)21-3-8-26-28-21/h2-4,7-9,14,16-17H,5-6,10-13,15H2,1H3,(H,26,28)/t16-/m1/s1. The van der Waals surface area contributed by atoms with Crippen molar-refractivity contribution in [2.75, 3.05) is 37.9 Å². The average molecular weight is 446 g/mol. The van der Waals surface area contributed by atoms with Crippen molar-refractivity contribution in [2.24, 2.45) is 0 Å². The Morgan fingerprint density at radius 3 is 2.79 bits per heavy atom. The van der Waals surface area contributed by atoms with E-state index in [0.29, 0.717) is 19.3 Å². The van der Waals surface area contributed by atoms with Gasteiger partial charge in [-0.3, -0.25) is 14.8 Å². The van der Waals surface area contributed by atoms with Crippen LogP contribution in [0.5, 0.6) is 0 Å². The SMILES string of the molecule is C[C@@H]1COCCN1c1cc(-c2ccn(C3CCOCC3)n2)c2ccnc(-c3ccn[nH]3)c2n1. The quantitative estimate of drug-likeness (QED) is 0.514. The fourth-order valence-corrected chi connectivity index (χ4v) is 4.78. The van der Waals surface area contributed by atoms with E-state index in [4.69, 9.17) is 19.6 Å². The lowest BCUT2D eigenvalue weighted by molar-refractivity contribution is 0.0663. The van der Waals surface area contributed by atoms with Crippen LogP contribution in [0.25, 0.3) is 33.5 Å². The van der Waals surface area contributed by atoms with Gasteiger partial charge < -0.3 is 14.4 Å². The van der Waals surface area contributed by atoms with Crippen molar-refractivity contribution in [3.8, 4) is 22.6 Å². The van der Waals surface area contributed by atoms with Gasteiger partial charge in [0.15, 0.2) is 0 Å². The Hall–Kier alpha value is -3.30. The summed E-state index contributed by atoms with van der Waals surface area (Å²) in [4.78, 5) is 12.1. The first-order valence-electron chi connectivity index (χ1n) is 11.5. The Labute approximate surface area is 191 Å². The molecule has 4 aromatic heterocycles. The van der Waals surface area contributed by atoms with E-state index in [-0.39, 0.29) is 6.04 Å². The van der Waals surface area contributed by atoms with Crippen molar-refractivity contribution in [3.05, 3.63) is 42.9 Å². The third kappa shape index (κ3) is 3.77. The number of pyridine rings is 2. The normalized spacial score (nSPS) is 19.9. The highest BCUT2D eigenvalue weighted by atomic mass is 16.5. The Bertz CT molecular complexity index is 1250. The molecule has 0 unspecified atom stereocenters. The van der Waals surface area contributed by atoms with E-state index in [0.717, 1.165) is 72.0 Å². The number of hydrogen-bond acceptors (Lipinski definition) is 7. The maximum atomic E-state index is 5.67. The van der Waals surface area contributed by atoms with Gasteiger partial charge in [0, 0.05) is 49.3 Å². The Morgan fingerprint density at radius 2 is 1.97 bits per heavy atom. The van der Waals surface area contributed by atoms with Crippen LogP contribution < -0.4 is 4.90 Å². The molecule has 1 atom stereocenters. The first-order chi connectivity index (χ1) is 16.3. The van der Waals surface area contributed by atoms with Crippen LogP contribution in [0.3, 0.4) is 0 Å². The Morgan fingerprint density at radius 1 is 1.06 bits per heavy atom. The van der Waals surface area contributed by atoms with Gasteiger partial charge in [-0.05, 0) is 44.0 Å². The first kappa shape index (κ1) is 20.3. The number of fused-ring (bicyclic) bond motifs is 1. The van der Waals surface area contributed by atoms with E-state index in [1.54, 1.807) is 6.20 Å². The molecular formula is C24H27N7O2. The third-order valence-electron chi connectivity index (χ3n) is 6.58. The molecular weight excluding hydrogens is 418 g/mol. The van der Waals surface area contributed by atoms with Crippen molar-refractivity contribution in [1.29, 1.82) is 0 Å². The van der Waals surface area contributed by atoms with Gasteiger partial charge in [-0.1, -0.05) is 0 Å². The number of aromatic nitrogens is 6. The molecule has 2 saturated heterocycles. The molecule has 9 nitrogen and oxygen atoms in total. The summed E-state index contributed by atoms with van der Waals surface area (Å²) in [5.74, 6) is 0.919. The van der Waals surface area contributed by atoms with E-state index in [9.17, 15) is 0 Å². The third-order valence-corrected chi connectivity index (χ3v) is 6.58. The fourth-order valence-electron chi connectivity index (χ4n) is 4.78. The zero-order valence-electron chi connectivity index (χ0n) is 18.6. The number of anilines is 1. The summed E-state index contributed by atoms with van der Waals surface area (Å²) in [5.41, 5.74) is 4.48. The molecule has 1 N–H and O–H groups in total. The summed E-state index contributed by atoms with van der Waals surface area (Å²) in [7, 11) is 0. The second-order valence-corrected chi connectivity index (χ2v) is 8.70. The van der Waals surface area contributed by atoms with Gasteiger partial charge in [-0.15, -0.1) is 0 Å². The maximum absolute atomic E-state index is 5.67. The van der Waals surface area contributed by atoms with E-state index in [2.05, 4.69) is 50.0 Å². The van der Waals surface area contributed by atoms with Gasteiger partial charge in [0.05, 0.1) is 36.7 Å². The molecule has 0 radical (unpaired) electrons. The van der Waals surface area contributed by atoms with Gasteiger partial charge >= 0.3 is 0 Å². The summed E-state index contributed by atoms with van der Waals surface area (Å²) >= 11 is 0. The number of hydrogen-bond donors (Lipinski definition) is 1. The summed E-state index contributed by atoms with van der Waals surface area (Å²) in [6.07, 6.45) is 7.63. The highest BCUT2D eigenvalue weighted by Crippen LogP contribution is 2.35. The van der Waals surface area contributed by atoms with Crippen molar-refractivity contribution in [3.63, 3.8) is 0 Å². The van der Waals surface area contributed by atoms with Gasteiger partial charge in [-0.25, -0.2) is 4.98 Å². The molecule has 6 rings (SSSR count).